The molecule has 0 unspecified atom stereocenters. The number of benzene rings is 3. The minimum absolute atomic E-state index is 0.0743. The van der Waals surface area contributed by atoms with Crippen molar-refractivity contribution in [2.24, 2.45) is 0 Å². The van der Waals surface area contributed by atoms with Gasteiger partial charge in [0.2, 0.25) is 5.91 Å². The molecular weight excluding hydrogens is 520 g/mol. The summed E-state index contributed by atoms with van der Waals surface area (Å²) in [7, 11) is 0. The summed E-state index contributed by atoms with van der Waals surface area (Å²) in [6.07, 6.45) is 0. The van der Waals surface area contributed by atoms with E-state index in [2.05, 4.69) is 108 Å². The Balaban J connectivity index is 1.60. The number of hydrogen-bond acceptors (Lipinski definition) is 4. The lowest BCUT2D eigenvalue weighted by atomic mass is 9.87. The van der Waals surface area contributed by atoms with Gasteiger partial charge in [-0.3, -0.25) is 9.36 Å². The van der Waals surface area contributed by atoms with Gasteiger partial charge in [0.15, 0.2) is 11.0 Å². The van der Waals surface area contributed by atoms with Gasteiger partial charge in [0.05, 0.1) is 5.75 Å². The van der Waals surface area contributed by atoms with Crippen molar-refractivity contribution in [2.45, 2.75) is 45.2 Å². The molecule has 5 nitrogen and oxygen atoms in total. The van der Waals surface area contributed by atoms with Crippen LogP contribution in [-0.4, -0.2) is 26.4 Å². The van der Waals surface area contributed by atoms with Gasteiger partial charge in [-0.15, -0.1) is 10.2 Å². The number of aromatic nitrogens is 3. The smallest absolute Gasteiger partial charge is 0.234 e. The Morgan fingerprint density at radius 3 is 2.29 bits per heavy atom. The summed E-state index contributed by atoms with van der Waals surface area (Å²) in [5.41, 5.74) is 6.29. The van der Waals surface area contributed by atoms with E-state index < -0.39 is 0 Å². The van der Waals surface area contributed by atoms with Crippen LogP contribution < -0.4 is 5.32 Å². The van der Waals surface area contributed by atoms with Crippen LogP contribution in [0.3, 0.4) is 0 Å². The summed E-state index contributed by atoms with van der Waals surface area (Å²) in [5, 5.41) is 12.6. The molecule has 0 aliphatic heterocycles. The second-order valence-electron chi connectivity index (χ2n) is 9.61. The number of carbonyl (C=O) groups is 1. The van der Waals surface area contributed by atoms with E-state index in [-0.39, 0.29) is 17.1 Å². The van der Waals surface area contributed by atoms with Crippen LogP contribution in [0, 0.1) is 13.8 Å². The van der Waals surface area contributed by atoms with Gasteiger partial charge < -0.3 is 5.32 Å². The molecule has 4 aromatic rings. The Kier molecular flexibility index (Phi) is 7.47. The molecule has 35 heavy (non-hydrogen) atoms. The van der Waals surface area contributed by atoms with Crippen LogP contribution in [0.2, 0.25) is 0 Å². The van der Waals surface area contributed by atoms with Gasteiger partial charge in [0, 0.05) is 21.4 Å². The molecule has 0 fully saturated rings. The first-order chi connectivity index (χ1) is 16.6. The highest BCUT2D eigenvalue weighted by Crippen LogP contribution is 2.30. The van der Waals surface area contributed by atoms with Gasteiger partial charge in [-0.25, -0.2) is 0 Å². The van der Waals surface area contributed by atoms with E-state index in [0.29, 0.717) is 5.16 Å². The Morgan fingerprint density at radius 2 is 1.66 bits per heavy atom. The van der Waals surface area contributed by atoms with E-state index in [4.69, 9.17) is 0 Å². The molecule has 1 N–H and O–H groups in total. The zero-order chi connectivity index (χ0) is 25.2. The van der Waals surface area contributed by atoms with Crippen LogP contribution in [0.25, 0.3) is 17.1 Å². The molecule has 1 amide bonds. The predicted octanol–water partition coefficient (Wildman–Crippen LogP) is 7.34. The molecule has 0 aliphatic carbocycles. The number of aryl methyl sites for hydroxylation is 2. The molecule has 7 heteroatoms. The van der Waals surface area contributed by atoms with Gasteiger partial charge in [-0.1, -0.05) is 90.4 Å². The summed E-state index contributed by atoms with van der Waals surface area (Å²) < 4.78 is 3.03. The van der Waals surface area contributed by atoms with Crippen molar-refractivity contribution in [1.82, 2.24) is 14.8 Å². The van der Waals surface area contributed by atoms with E-state index in [1.54, 1.807) is 0 Å². The van der Waals surface area contributed by atoms with Crippen LogP contribution in [0.4, 0.5) is 5.69 Å². The summed E-state index contributed by atoms with van der Waals surface area (Å²) in [6, 6.07) is 22.5. The molecule has 0 spiro atoms. The third kappa shape index (κ3) is 6.03. The number of nitrogens with zero attached hydrogens (tertiary/aromatic N) is 3. The van der Waals surface area contributed by atoms with Gasteiger partial charge in [0.25, 0.3) is 0 Å². The molecule has 3 aromatic carbocycles. The minimum atomic E-state index is -0.0914. The zero-order valence-electron chi connectivity index (χ0n) is 20.6. The van der Waals surface area contributed by atoms with Crippen molar-refractivity contribution in [1.29, 1.82) is 0 Å². The Labute approximate surface area is 219 Å². The van der Waals surface area contributed by atoms with E-state index >= 15 is 0 Å². The maximum Gasteiger partial charge on any atom is 0.234 e. The highest BCUT2D eigenvalue weighted by molar-refractivity contribution is 9.10. The summed E-state index contributed by atoms with van der Waals surface area (Å²) in [5.74, 6) is 0.884. The average Bonchev–Trinajstić information content (AvgIpc) is 3.24. The van der Waals surface area contributed by atoms with Crippen molar-refractivity contribution >= 4 is 39.3 Å². The molecule has 1 heterocycles. The molecule has 4 rings (SSSR count). The molecule has 180 valence electrons. The molecule has 1 aromatic heterocycles. The Hall–Kier alpha value is -2.90. The fourth-order valence-corrected chi connectivity index (χ4v) is 4.64. The highest BCUT2D eigenvalue weighted by atomic mass is 79.9. The van der Waals surface area contributed by atoms with E-state index in [0.717, 1.165) is 32.8 Å². The molecular formula is C28H29BrN4OS. The van der Waals surface area contributed by atoms with Crippen molar-refractivity contribution in [2.75, 3.05) is 11.1 Å². The van der Waals surface area contributed by atoms with Crippen molar-refractivity contribution in [3.63, 3.8) is 0 Å². The standard InChI is InChI=1S/C28H29BrN4OS/c1-18-6-13-23(14-7-18)33-26(20-8-10-21(11-9-20)28(3,4)5)31-32-27(33)35-17-25(34)30-22-12-15-24(29)19(2)16-22/h6-16H,17H2,1-5H3,(H,30,34). The van der Waals surface area contributed by atoms with Crippen molar-refractivity contribution in [3.8, 4) is 17.1 Å². The summed E-state index contributed by atoms with van der Waals surface area (Å²) in [6.45, 7) is 10.7. The number of anilines is 1. The van der Waals surface area contributed by atoms with Crippen LogP contribution in [0.15, 0.2) is 76.4 Å². The third-order valence-corrected chi connectivity index (χ3v) is 7.53. The number of nitrogens with one attached hydrogen (secondary N) is 1. The van der Waals surface area contributed by atoms with Crippen molar-refractivity contribution in [3.05, 3.63) is 87.9 Å². The first kappa shape index (κ1) is 25.2. The maximum absolute atomic E-state index is 12.7. The van der Waals surface area contributed by atoms with Crippen LogP contribution in [0.5, 0.6) is 0 Å². The predicted molar refractivity (Wildman–Crippen MR) is 148 cm³/mol. The minimum Gasteiger partial charge on any atom is -0.325 e. The lowest BCUT2D eigenvalue weighted by Crippen LogP contribution is -2.14. The van der Waals surface area contributed by atoms with E-state index in [1.165, 1.54) is 22.9 Å². The second kappa shape index (κ2) is 10.4. The maximum atomic E-state index is 12.7. The molecule has 0 bridgehead atoms. The molecule has 0 aliphatic rings. The van der Waals surface area contributed by atoms with Crippen LogP contribution >= 0.6 is 27.7 Å². The van der Waals surface area contributed by atoms with Gasteiger partial charge >= 0.3 is 0 Å². The average molecular weight is 550 g/mol. The lowest BCUT2D eigenvalue weighted by molar-refractivity contribution is -0.113. The number of amides is 1. The second-order valence-corrected chi connectivity index (χ2v) is 11.4. The molecule has 0 atom stereocenters. The van der Waals surface area contributed by atoms with E-state index in [1.807, 2.05) is 29.7 Å². The SMILES string of the molecule is Cc1ccc(-n2c(SCC(=O)Nc3ccc(Br)c(C)c3)nnc2-c2ccc(C(C)(C)C)cc2)cc1. The van der Waals surface area contributed by atoms with Crippen LogP contribution in [0.1, 0.15) is 37.5 Å². The monoisotopic (exact) mass is 548 g/mol. The number of thioether (sulfide) groups is 1. The largest absolute Gasteiger partial charge is 0.325 e. The van der Waals surface area contributed by atoms with Crippen LogP contribution in [-0.2, 0) is 10.2 Å². The summed E-state index contributed by atoms with van der Waals surface area (Å²) in [4.78, 5) is 12.7. The molecule has 0 saturated carbocycles. The fourth-order valence-electron chi connectivity index (χ4n) is 3.65. The highest BCUT2D eigenvalue weighted by Gasteiger charge is 2.19. The number of carbonyl (C=O) groups excluding carboxylic acids is 1. The lowest BCUT2D eigenvalue weighted by Gasteiger charge is -2.19. The summed E-state index contributed by atoms with van der Waals surface area (Å²) >= 11 is 4.86. The normalized spacial score (nSPS) is 11.5. The van der Waals surface area contributed by atoms with Gasteiger partial charge in [0.1, 0.15) is 0 Å². The van der Waals surface area contributed by atoms with Gasteiger partial charge in [-0.2, -0.15) is 0 Å². The van der Waals surface area contributed by atoms with Crippen molar-refractivity contribution < 1.29 is 4.79 Å². The Bertz CT molecular complexity index is 1340. The number of halogens is 1. The molecule has 0 radical (unpaired) electrons. The number of hydrogen-bond donors (Lipinski definition) is 1. The Morgan fingerprint density at radius 1 is 0.971 bits per heavy atom. The first-order valence-electron chi connectivity index (χ1n) is 11.4. The molecule has 0 saturated heterocycles. The third-order valence-electron chi connectivity index (χ3n) is 5.71. The fraction of sp³-hybridized carbons (Fsp3) is 0.250. The van der Waals surface area contributed by atoms with Gasteiger partial charge in [-0.05, 0) is 60.7 Å². The number of rotatable bonds is 6. The zero-order valence-corrected chi connectivity index (χ0v) is 23.0. The van der Waals surface area contributed by atoms with E-state index in [9.17, 15) is 4.79 Å². The first-order valence-corrected chi connectivity index (χ1v) is 13.2. The quantitative estimate of drug-likeness (QED) is 0.256. The topological polar surface area (TPSA) is 59.8 Å².